The number of nitrogens with zero attached hydrogens (tertiary/aromatic N) is 2. The average Bonchev–Trinajstić information content (AvgIpc) is 3.21. The molecule has 0 radical (unpaired) electrons. The van der Waals surface area contributed by atoms with Crippen molar-refractivity contribution in [1.29, 1.82) is 0 Å². The molecule has 9 heteroatoms. The van der Waals surface area contributed by atoms with Gasteiger partial charge in [0.1, 0.15) is 18.0 Å². The van der Waals surface area contributed by atoms with E-state index in [2.05, 4.69) is 27.6 Å². The Morgan fingerprint density at radius 2 is 1.69 bits per heavy atom. The van der Waals surface area contributed by atoms with E-state index < -0.39 is 30.1 Å². The van der Waals surface area contributed by atoms with Gasteiger partial charge in [0.25, 0.3) is 5.91 Å². The number of carboxylic acid groups (broad SMARTS) is 1. The molecule has 2 atom stereocenters. The summed E-state index contributed by atoms with van der Waals surface area (Å²) in [5.74, 6) is 3.57. The molecule has 0 unspecified atom stereocenters. The van der Waals surface area contributed by atoms with E-state index in [1.165, 1.54) is 4.68 Å². The van der Waals surface area contributed by atoms with Gasteiger partial charge < -0.3 is 15.2 Å². The van der Waals surface area contributed by atoms with Crippen LogP contribution in [0.25, 0.3) is 11.1 Å². The number of carbonyl (C=O) groups is 3. The molecule has 1 heterocycles. The molecule has 0 aliphatic heterocycles. The van der Waals surface area contributed by atoms with E-state index in [1.807, 2.05) is 30.3 Å². The number of carboxylic acids is 1. The van der Waals surface area contributed by atoms with Gasteiger partial charge in [-0.3, -0.25) is 14.8 Å². The molecule has 0 bridgehead atoms. The quantitative estimate of drug-likeness (QED) is 0.433. The van der Waals surface area contributed by atoms with Crippen LogP contribution >= 0.6 is 0 Å². The normalized spacial score (nSPS) is 12.1. The lowest BCUT2D eigenvalue weighted by molar-refractivity contribution is -0.142. The Morgan fingerprint density at radius 1 is 1.03 bits per heavy atom. The van der Waals surface area contributed by atoms with Crippen LogP contribution in [0.1, 0.15) is 38.0 Å². The highest BCUT2D eigenvalue weighted by molar-refractivity contribution is 5.96. The van der Waals surface area contributed by atoms with E-state index in [1.54, 1.807) is 58.3 Å². The zero-order valence-corrected chi connectivity index (χ0v) is 20.5. The van der Waals surface area contributed by atoms with Gasteiger partial charge in [-0.05, 0) is 36.1 Å². The number of hydrogen-bond acceptors (Lipinski definition) is 5. The summed E-state index contributed by atoms with van der Waals surface area (Å²) in [7, 11) is 1.71. The van der Waals surface area contributed by atoms with Crippen LogP contribution in [0.5, 0.6) is 0 Å². The molecule has 0 aliphatic rings. The number of amides is 2. The van der Waals surface area contributed by atoms with Gasteiger partial charge in [-0.2, -0.15) is 5.10 Å². The maximum atomic E-state index is 12.5. The number of anilines is 1. The molecule has 3 N–H and O–H groups in total. The number of rotatable bonds is 7. The van der Waals surface area contributed by atoms with Crippen molar-refractivity contribution >= 4 is 23.8 Å². The fraction of sp³-hybridized carbons (Fsp3) is 0.259. The summed E-state index contributed by atoms with van der Waals surface area (Å²) in [6, 6.07) is 15.4. The Balaban J connectivity index is 1.68. The summed E-state index contributed by atoms with van der Waals surface area (Å²) < 4.78 is 7.04. The SMILES string of the molecule is CC(C)[C@H](NC(=O)C#Cc1ccc(-c2cnn(C)c2NC(=O)O[C@H](C)c2ccccc2)cc1)C(=O)O. The highest BCUT2D eigenvalue weighted by Crippen LogP contribution is 2.28. The summed E-state index contributed by atoms with van der Waals surface area (Å²) >= 11 is 0. The number of aryl methyl sites for hydroxylation is 1. The number of benzene rings is 2. The zero-order valence-electron chi connectivity index (χ0n) is 20.5. The lowest BCUT2D eigenvalue weighted by atomic mass is 10.0. The van der Waals surface area contributed by atoms with Gasteiger partial charge in [0, 0.05) is 24.1 Å². The molecule has 0 spiro atoms. The molecular formula is C27H28N4O5. The van der Waals surface area contributed by atoms with Gasteiger partial charge in [0.05, 0.1) is 6.20 Å². The van der Waals surface area contributed by atoms with Crippen molar-refractivity contribution < 1.29 is 24.2 Å². The van der Waals surface area contributed by atoms with Crippen molar-refractivity contribution in [3.8, 4) is 23.0 Å². The van der Waals surface area contributed by atoms with Gasteiger partial charge in [-0.1, -0.05) is 62.2 Å². The standard InChI is InChI=1S/C27H28N4O5/c1-17(2)24(26(33)34)29-23(32)15-12-19-10-13-21(14-11-19)22-16-28-31(4)25(22)30-27(35)36-18(3)20-8-6-5-7-9-20/h5-11,13-14,16-18,24H,1-4H3,(H,29,32)(H,30,35)(H,33,34)/t18-,24+/m1/s1. The number of ether oxygens (including phenoxy) is 1. The molecule has 3 rings (SSSR count). The third-order valence-electron chi connectivity index (χ3n) is 5.45. The molecule has 2 aromatic carbocycles. The van der Waals surface area contributed by atoms with Crippen molar-refractivity contribution in [3.63, 3.8) is 0 Å². The minimum absolute atomic E-state index is 0.270. The lowest BCUT2D eigenvalue weighted by Gasteiger charge is -2.15. The summed E-state index contributed by atoms with van der Waals surface area (Å²) in [4.78, 5) is 35.8. The monoisotopic (exact) mass is 488 g/mol. The third kappa shape index (κ3) is 6.73. The highest BCUT2D eigenvalue weighted by Gasteiger charge is 2.22. The summed E-state index contributed by atoms with van der Waals surface area (Å²) in [5, 5.41) is 18.6. The molecule has 0 saturated heterocycles. The molecule has 0 saturated carbocycles. The van der Waals surface area contributed by atoms with E-state index in [-0.39, 0.29) is 5.92 Å². The fourth-order valence-corrected chi connectivity index (χ4v) is 3.43. The largest absolute Gasteiger partial charge is 0.480 e. The second-order valence-corrected chi connectivity index (χ2v) is 8.47. The predicted molar refractivity (Wildman–Crippen MR) is 135 cm³/mol. The van der Waals surface area contributed by atoms with Crippen LogP contribution in [0, 0.1) is 17.8 Å². The van der Waals surface area contributed by atoms with E-state index in [0.29, 0.717) is 16.9 Å². The molecular weight excluding hydrogens is 460 g/mol. The van der Waals surface area contributed by atoms with E-state index in [0.717, 1.165) is 11.1 Å². The Labute approximate surface area is 209 Å². The molecule has 36 heavy (non-hydrogen) atoms. The van der Waals surface area contributed by atoms with Crippen molar-refractivity contribution in [2.45, 2.75) is 32.9 Å². The Kier molecular flexibility index (Phi) is 8.47. The van der Waals surface area contributed by atoms with E-state index >= 15 is 0 Å². The number of aliphatic carboxylic acids is 1. The van der Waals surface area contributed by atoms with E-state index in [9.17, 15) is 19.5 Å². The predicted octanol–water partition coefficient (Wildman–Crippen LogP) is 3.97. The van der Waals surface area contributed by atoms with Crippen molar-refractivity contribution in [3.05, 3.63) is 71.9 Å². The summed E-state index contributed by atoms with van der Waals surface area (Å²) in [6.45, 7) is 5.20. The minimum atomic E-state index is -1.11. The Morgan fingerprint density at radius 3 is 2.31 bits per heavy atom. The molecule has 1 aromatic heterocycles. The van der Waals surface area contributed by atoms with Crippen LogP contribution in [-0.2, 0) is 21.4 Å². The summed E-state index contributed by atoms with van der Waals surface area (Å²) in [6.07, 6.45) is 0.595. The third-order valence-corrected chi connectivity index (χ3v) is 5.45. The summed E-state index contributed by atoms with van der Waals surface area (Å²) in [5.41, 5.74) is 2.90. The van der Waals surface area contributed by atoms with E-state index in [4.69, 9.17) is 4.74 Å². The molecule has 3 aromatic rings. The molecule has 0 fully saturated rings. The maximum Gasteiger partial charge on any atom is 0.413 e. The number of nitrogens with one attached hydrogen (secondary N) is 2. The van der Waals surface area contributed by atoms with Crippen LogP contribution in [0.3, 0.4) is 0 Å². The van der Waals surface area contributed by atoms with Gasteiger partial charge in [-0.25, -0.2) is 9.59 Å². The van der Waals surface area contributed by atoms with Gasteiger partial charge in [0.2, 0.25) is 0 Å². The minimum Gasteiger partial charge on any atom is -0.480 e. The lowest BCUT2D eigenvalue weighted by Crippen LogP contribution is -2.43. The van der Waals surface area contributed by atoms with Gasteiger partial charge in [0.15, 0.2) is 0 Å². The van der Waals surface area contributed by atoms with Crippen molar-refractivity contribution in [2.75, 3.05) is 5.32 Å². The topological polar surface area (TPSA) is 123 Å². The van der Waals surface area contributed by atoms with Crippen LogP contribution in [-0.4, -0.2) is 38.9 Å². The second kappa shape index (κ2) is 11.7. The second-order valence-electron chi connectivity index (χ2n) is 8.47. The van der Waals surface area contributed by atoms with Crippen LogP contribution in [0.4, 0.5) is 10.6 Å². The molecule has 186 valence electrons. The van der Waals surface area contributed by atoms with Gasteiger partial charge >= 0.3 is 12.1 Å². The number of hydrogen-bond donors (Lipinski definition) is 3. The Hall–Kier alpha value is -4.58. The fourth-order valence-electron chi connectivity index (χ4n) is 3.43. The highest BCUT2D eigenvalue weighted by atomic mass is 16.6. The van der Waals surface area contributed by atoms with Crippen LogP contribution in [0.15, 0.2) is 60.8 Å². The first kappa shape index (κ1) is 26.0. The van der Waals surface area contributed by atoms with Crippen molar-refractivity contribution in [1.82, 2.24) is 15.1 Å². The number of carbonyl (C=O) groups excluding carboxylic acids is 2. The maximum absolute atomic E-state index is 12.5. The Bertz CT molecular complexity index is 1290. The van der Waals surface area contributed by atoms with Crippen LogP contribution in [0.2, 0.25) is 0 Å². The molecule has 2 amide bonds. The first-order chi connectivity index (χ1) is 17.2. The molecule has 9 nitrogen and oxygen atoms in total. The first-order valence-electron chi connectivity index (χ1n) is 11.4. The van der Waals surface area contributed by atoms with Crippen LogP contribution < -0.4 is 10.6 Å². The zero-order chi connectivity index (χ0) is 26.2. The smallest absolute Gasteiger partial charge is 0.413 e. The van der Waals surface area contributed by atoms with Crippen molar-refractivity contribution in [2.24, 2.45) is 13.0 Å². The number of aromatic nitrogens is 2. The first-order valence-corrected chi connectivity index (χ1v) is 11.4. The average molecular weight is 489 g/mol. The van der Waals surface area contributed by atoms with Gasteiger partial charge in [-0.15, -0.1) is 0 Å². The molecule has 0 aliphatic carbocycles.